The number of carbonyl (C=O) groups excluding carboxylic acids is 1. The highest BCUT2D eigenvalue weighted by Crippen LogP contribution is 2.33. The summed E-state index contributed by atoms with van der Waals surface area (Å²) >= 11 is 0. The molecule has 1 aliphatic rings. The summed E-state index contributed by atoms with van der Waals surface area (Å²) in [6.45, 7) is 0.813. The van der Waals surface area contributed by atoms with Crippen LogP contribution in [-0.2, 0) is 0 Å². The van der Waals surface area contributed by atoms with E-state index in [4.69, 9.17) is 0 Å². The van der Waals surface area contributed by atoms with Gasteiger partial charge in [-0.15, -0.1) is 0 Å². The topological polar surface area (TPSA) is 54.9 Å². The molecule has 1 atom stereocenters. The van der Waals surface area contributed by atoms with Gasteiger partial charge in [-0.2, -0.15) is 0 Å². The van der Waals surface area contributed by atoms with Crippen molar-refractivity contribution in [1.82, 2.24) is 9.97 Å². The molecule has 18 heavy (non-hydrogen) atoms. The molecule has 0 spiro atoms. The van der Waals surface area contributed by atoms with Crippen LogP contribution >= 0.6 is 0 Å². The summed E-state index contributed by atoms with van der Waals surface area (Å²) in [5.74, 6) is -0.0591. The summed E-state index contributed by atoms with van der Waals surface area (Å²) in [6.07, 6.45) is 5.47. The summed E-state index contributed by atoms with van der Waals surface area (Å²) in [7, 11) is 0. The van der Waals surface area contributed by atoms with Gasteiger partial charge in [-0.25, -0.2) is 4.98 Å². The molecule has 3 rings (SSSR count). The van der Waals surface area contributed by atoms with Crippen molar-refractivity contribution in [1.29, 1.82) is 0 Å². The Balaban J connectivity index is 1.97. The van der Waals surface area contributed by atoms with E-state index in [0.717, 1.165) is 24.2 Å². The number of aromatic nitrogens is 2. The zero-order chi connectivity index (χ0) is 12.4. The van der Waals surface area contributed by atoms with Gasteiger partial charge in [-0.05, 0) is 18.1 Å². The minimum atomic E-state index is -0.112. The monoisotopic (exact) mass is 239 g/mol. The predicted molar refractivity (Wildman–Crippen MR) is 68.7 cm³/mol. The number of hydrogen-bond acceptors (Lipinski definition) is 4. The van der Waals surface area contributed by atoms with E-state index in [1.807, 2.05) is 24.3 Å². The van der Waals surface area contributed by atoms with Crippen LogP contribution in [0, 0.1) is 0 Å². The lowest BCUT2D eigenvalue weighted by molar-refractivity contribution is 0.0950. The van der Waals surface area contributed by atoms with Gasteiger partial charge in [-0.1, -0.05) is 18.2 Å². The van der Waals surface area contributed by atoms with Crippen LogP contribution in [0.15, 0.2) is 42.9 Å². The molecule has 0 amide bonds. The molecule has 2 heterocycles. The highest BCUT2D eigenvalue weighted by molar-refractivity contribution is 6.00. The molecule has 4 heteroatoms. The molecule has 1 unspecified atom stereocenters. The molecular formula is C14H13N3O. The Morgan fingerprint density at radius 1 is 1.28 bits per heavy atom. The summed E-state index contributed by atoms with van der Waals surface area (Å²) in [5.41, 5.74) is 2.55. The molecule has 4 nitrogen and oxygen atoms in total. The zero-order valence-corrected chi connectivity index (χ0v) is 9.84. The van der Waals surface area contributed by atoms with Crippen molar-refractivity contribution in [3.05, 3.63) is 54.1 Å². The minimum absolute atomic E-state index is 0.0528. The van der Waals surface area contributed by atoms with Gasteiger partial charge in [0.2, 0.25) is 0 Å². The number of carbonyl (C=O) groups is 1. The third-order valence-corrected chi connectivity index (χ3v) is 3.22. The van der Waals surface area contributed by atoms with E-state index in [9.17, 15) is 4.79 Å². The Morgan fingerprint density at radius 2 is 2.17 bits per heavy atom. The average molecular weight is 239 g/mol. The van der Waals surface area contributed by atoms with Crippen molar-refractivity contribution in [2.24, 2.45) is 0 Å². The number of Topliss-reactive ketones (excluding diaryl/α,β-unsaturated/α-hetero) is 1. The molecule has 1 aromatic carbocycles. The van der Waals surface area contributed by atoms with Gasteiger partial charge < -0.3 is 5.32 Å². The Labute approximate surface area is 105 Å². The van der Waals surface area contributed by atoms with E-state index in [2.05, 4.69) is 15.3 Å². The molecule has 0 bridgehead atoms. The molecule has 0 aliphatic carbocycles. The number of nitrogens with one attached hydrogen (secondary N) is 1. The van der Waals surface area contributed by atoms with Crippen molar-refractivity contribution >= 4 is 11.5 Å². The van der Waals surface area contributed by atoms with E-state index in [-0.39, 0.29) is 11.7 Å². The average Bonchev–Trinajstić information content (AvgIpc) is 2.47. The van der Waals surface area contributed by atoms with Gasteiger partial charge in [0.25, 0.3) is 0 Å². The number of anilines is 1. The lowest BCUT2D eigenvalue weighted by Crippen LogP contribution is -2.23. The van der Waals surface area contributed by atoms with Crippen LogP contribution in [0.3, 0.4) is 0 Å². The van der Waals surface area contributed by atoms with Gasteiger partial charge in [0.15, 0.2) is 5.78 Å². The van der Waals surface area contributed by atoms with Gasteiger partial charge in [0.05, 0.1) is 12.1 Å². The van der Waals surface area contributed by atoms with E-state index >= 15 is 0 Å². The van der Waals surface area contributed by atoms with Crippen LogP contribution < -0.4 is 5.32 Å². The standard InChI is InChI=1S/C14H13N3O/c18-14(13-9-15-7-8-17-13)11-5-6-16-12-4-2-1-3-10(11)12/h1-4,7-9,11,16H,5-6H2. The second-order valence-electron chi connectivity index (χ2n) is 4.31. The van der Waals surface area contributed by atoms with E-state index < -0.39 is 0 Å². The second-order valence-corrected chi connectivity index (χ2v) is 4.31. The molecule has 1 aromatic heterocycles. The van der Waals surface area contributed by atoms with Gasteiger partial charge in [0, 0.05) is 24.6 Å². The van der Waals surface area contributed by atoms with Crippen molar-refractivity contribution in [3.8, 4) is 0 Å². The Hall–Kier alpha value is -2.23. The number of hydrogen-bond donors (Lipinski definition) is 1. The summed E-state index contributed by atoms with van der Waals surface area (Å²) in [4.78, 5) is 20.5. The van der Waals surface area contributed by atoms with Crippen LogP contribution in [-0.4, -0.2) is 22.3 Å². The lowest BCUT2D eigenvalue weighted by atomic mass is 9.86. The summed E-state index contributed by atoms with van der Waals surface area (Å²) < 4.78 is 0. The minimum Gasteiger partial charge on any atom is -0.385 e. The highest BCUT2D eigenvalue weighted by atomic mass is 16.1. The van der Waals surface area contributed by atoms with Crippen molar-refractivity contribution in [2.75, 3.05) is 11.9 Å². The first-order valence-electron chi connectivity index (χ1n) is 5.99. The smallest absolute Gasteiger partial charge is 0.190 e. The number of benzene rings is 1. The first kappa shape index (κ1) is 10.9. The molecular weight excluding hydrogens is 226 g/mol. The number of fused-ring (bicyclic) bond motifs is 1. The number of ketones is 1. The molecule has 0 saturated carbocycles. The van der Waals surface area contributed by atoms with Crippen LogP contribution in [0.5, 0.6) is 0 Å². The normalized spacial score (nSPS) is 17.7. The van der Waals surface area contributed by atoms with Crippen LogP contribution in [0.2, 0.25) is 0 Å². The molecule has 0 saturated heterocycles. The molecule has 1 N–H and O–H groups in total. The quantitative estimate of drug-likeness (QED) is 0.817. The first-order valence-corrected chi connectivity index (χ1v) is 5.99. The molecule has 2 aromatic rings. The van der Waals surface area contributed by atoms with Crippen molar-refractivity contribution < 1.29 is 4.79 Å². The van der Waals surface area contributed by atoms with Gasteiger partial charge in [-0.3, -0.25) is 9.78 Å². The van der Waals surface area contributed by atoms with Crippen LogP contribution in [0.25, 0.3) is 0 Å². The van der Waals surface area contributed by atoms with Crippen LogP contribution in [0.4, 0.5) is 5.69 Å². The maximum atomic E-state index is 12.4. The largest absolute Gasteiger partial charge is 0.385 e. The van der Waals surface area contributed by atoms with Crippen LogP contribution in [0.1, 0.15) is 28.4 Å². The Kier molecular flexibility index (Phi) is 2.76. The summed E-state index contributed by atoms with van der Waals surface area (Å²) in [6, 6.07) is 7.94. The SMILES string of the molecule is O=C(c1cnccn1)C1CCNc2ccccc21. The molecule has 0 radical (unpaired) electrons. The molecule has 1 aliphatic heterocycles. The molecule has 90 valence electrons. The predicted octanol–water partition coefficient (Wildman–Crippen LogP) is 2.26. The van der Waals surface area contributed by atoms with E-state index in [1.54, 1.807) is 12.4 Å². The fourth-order valence-corrected chi connectivity index (χ4v) is 2.35. The Bertz CT molecular complexity index is 568. The number of rotatable bonds is 2. The fraction of sp³-hybridized carbons (Fsp3) is 0.214. The maximum absolute atomic E-state index is 12.4. The molecule has 0 fully saturated rings. The Morgan fingerprint density at radius 3 is 3.00 bits per heavy atom. The number of para-hydroxylation sites is 1. The van der Waals surface area contributed by atoms with Crippen molar-refractivity contribution in [2.45, 2.75) is 12.3 Å². The lowest BCUT2D eigenvalue weighted by Gasteiger charge is -2.25. The van der Waals surface area contributed by atoms with E-state index in [1.165, 1.54) is 6.20 Å². The first-order chi connectivity index (χ1) is 8.86. The highest BCUT2D eigenvalue weighted by Gasteiger charge is 2.27. The third kappa shape index (κ3) is 1.86. The van der Waals surface area contributed by atoms with Gasteiger partial charge in [0.1, 0.15) is 5.69 Å². The second kappa shape index (κ2) is 4.56. The number of nitrogens with zero attached hydrogens (tertiary/aromatic N) is 2. The van der Waals surface area contributed by atoms with Gasteiger partial charge >= 0.3 is 0 Å². The maximum Gasteiger partial charge on any atom is 0.190 e. The van der Waals surface area contributed by atoms with E-state index in [0.29, 0.717) is 5.69 Å². The third-order valence-electron chi connectivity index (χ3n) is 3.22. The zero-order valence-electron chi connectivity index (χ0n) is 9.84. The fourth-order valence-electron chi connectivity index (χ4n) is 2.35. The summed E-state index contributed by atoms with van der Waals surface area (Å²) in [5, 5.41) is 3.31. The van der Waals surface area contributed by atoms with Crippen molar-refractivity contribution in [3.63, 3.8) is 0 Å².